The Bertz CT molecular complexity index is 307. The summed E-state index contributed by atoms with van der Waals surface area (Å²) in [6.45, 7) is 8.84. The number of carboxylic acids is 1. The van der Waals surface area contributed by atoms with E-state index >= 15 is 0 Å². The molecule has 0 heterocycles. The van der Waals surface area contributed by atoms with Crippen molar-refractivity contribution in [1.29, 1.82) is 0 Å². The van der Waals surface area contributed by atoms with E-state index in [4.69, 9.17) is 9.90 Å². The van der Waals surface area contributed by atoms with Crippen molar-refractivity contribution < 1.29 is 15.0 Å². The van der Waals surface area contributed by atoms with Gasteiger partial charge in [-0.05, 0) is 31.9 Å². The molecule has 1 aliphatic rings. The van der Waals surface area contributed by atoms with Crippen LogP contribution in [0.3, 0.4) is 0 Å². The highest BCUT2D eigenvalue weighted by atomic mass is 16.4. The fourth-order valence-electron chi connectivity index (χ4n) is 1.14. The average molecular weight is 210 g/mol. The SMILES string of the molecule is C=C(C)C1C=C(O)C(C)=CC1.CC(=O)O. The van der Waals surface area contributed by atoms with Gasteiger partial charge in [0.15, 0.2) is 0 Å². The highest BCUT2D eigenvalue weighted by Gasteiger charge is 2.12. The van der Waals surface area contributed by atoms with Gasteiger partial charge in [0.2, 0.25) is 0 Å². The number of rotatable bonds is 1. The second kappa shape index (κ2) is 6.06. The van der Waals surface area contributed by atoms with E-state index in [0.29, 0.717) is 11.7 Å². The first kappa shape index (κ1) is 13.5. The van der Waals surface area contributed by atoms with Gasteiger partial charge in [0.1, 0.15) is 5.76 Å². The third-order valence-corrected chi connectivity index (χ3v) is 2.07. The molecule has 2 N–H and O–H groups in total. The summed E-state index contributed by atoms with van der Waals surface area (Å²) in [5.74, 6) is -0.0945. The number of aliphatic hydroxyl groups is 1. The molecule has 0 amide bonds. The van der Waals surface area contributed by atoms with Crippen LogP contribution in [-0.4, -0.2) is 16.2 Å². The largest absolute Gasteiger partial charge is 0.508 e. The fourth-order valence-corrected chi connectivity index (χ4v) is 1.14. The third-order valence-electron chi connectivity index (χ3n) is 2.07. The molecule has 3 nitrogen and oxygen atoms in total. The Morgan fingerprint density at radius 1 is 1.53 bits per heavy atom. The predicted molar refractivity (Wildman–Crippen MR) is 60.7 cm³/mol. The molecule has 3 heteroatoms. The molecule has 0 bridgehead atoms. The minimum absolute atomic E-state index is 0.332. The van der Waals surface area contributed by atoms with Crippen molar-refractivity contribution in [2.24, 2.45) is 5.92 Å². The number of allylic oxidation sites excluding steroid dienone is 4. The summed E-state index contributed by atoms with van der Waals surface area (Å²) in [6, 6.07) is 0. The lowest BCUT2D eigenvalue weighted by molar-refractivity contribution is -0.134. The van der Waals surface area contributed by atoms with Crippen LogP contribution in [0.5, 0.6) is 0 Å². The van der Waals surface area contributed by atoms with Crippen LogP contribution in [0.25, 0.3) is 0 Å². The first-order chi connectivity index (χ1) is 6.84. The Labute approximate surface area is 90.4 Å². The lowest BCUT2D eigenvalue weighted by atomic mass is 9.91. The number of hydrogen-bond donors (Lipinski definition) is 2. The maximum atomic E-state index is 9.35. The highest BCUT2D eigenvalue weighted by molar-refractivity contribution is 5.62. The lowest BCUT2D eigenvalue weighted by Crippen LogP contribution is -2.03. The van der Waals surface area contributed by atoms with E-state index in [1.54, 1.807) is 0 Å². The molecule has 1 unspecified atom stereocenters. The van der Waals surface area contributed by atoms with E-state index in [9.17, 15) is 5.11 Å². The molecule has 0 saturated heterocycles. The Kier molecular flexibility index (Phi) is 5.45. The zero-order valence-electron chi connectivity index (χ0n) is 9.45. The first-order valence-electron chi connectivity index (χ1n) is 4.77. The van der Waals surface area contributed by atoms with Gasteiger partial charge in [0.25, 0.3) is 5.97 Å². The quantitative estimate of drug-likeness (QED) is 0.654. The van der Waals surface area contributed by atoms with Gasteiger partial charge in [0.05, 0.1) is 0 Å². The molecule has 0 fully saturated rings. The zero-order valence-corrected chi connectivity index (χ0v) is 9.45. The van der Waals surface area contributed by atoms with Gasteiger partial charge in [-0.3, -0.25) is 4.79 Å². The van der Waals surface area contributed by atoms with Crippen LogP contribution in [0.1, 0.15) is 27.2 Å². The standard InChI is InChI=1S/C10H14O.C2H4O2/c1-7(2)9-5-4-8(3)10(11)6-9;1-2(3)4/h4,6,9,11H,1,5H2,2-3H3;1H3,(H,3,4). The Balaban J connectivity index is 0.000000423. The van der Waals surface area contributed by atoms with Crippen LogP contribution < -0.4 is 0 Å². The molecule has 0 aromatic heterocycles. The Morgan fingerprint density at radius 3 is 2.33 bits per heavy atom. The molecule has 0 aliphatic heterocycles. The van der Waals surface area contributed by atoms with Gasteiger partial charge in [0, 0.05) is 12.8 Å². The molecule has 1 atom stereocenters. The number of carbonyl (C=O) groups is 1. The van der Waals surface area contributed by atoms with Crippen molar-refractivity contribution in [3.05, 3.63) is 35.6 Å². The van der Waals surface area contributed by atoms with Gasteiger partial charge in [-0.2, -0.15) is 0 Å². The maximum absolute atomic E-state index is 9.35. The van der Waals surface area contributed by atoms with Gasteiger partial charge >= 0.3 is 0 Å². The van der Waals surface area contributed by atoms with E-state index in [0.717, 1.165) is 24.5 Å². The molecule has 0 spiro atoms. The van der Waals surface area contributed by atoms with Crippen LogP contribution in [0.2, 0.25) is 0 Å². The summed E-state index contributed by atoms with van der Waals surface area (Å²) < 4.78 is 0. The van der Waals surface area contributed by atoms with Crippen molar-refractivity contribution in [2.75, 3.05) is 0 Å². The third kappa shape index (κ3) is 5.73. The van der Waals surface area contributed by atoms with Crippen LogP contribution in [-0.2, 0) is 4.79 Å². The summed E-state index contributed by atoms with van der Waals surface area (Å²) in [5.41, 5.74) is 2.09. The van der Waals surface area contributed by atoms with Gasteiger partial charge < -0.3 is 10.2 Å². The second-order valence-electron chi connectivity index (χ2n) is 3.65. The summed E-state index contributed by atoms with van der Waals surface area (Å²) in [7, 11) is 0. The molecule has 0 aromatic rings. The summed E-state index contributed by atoms with van der Waals surface area (Å²) >= 11 is 0. The summed E-state index contributed by atoms with van der Waals surface area (Å²) in [6.07, 6.45) is 4.90. The molecule has 0 aromatic carbocycles. The van der Waals surface area contributed by atoms with Crippen molar-refractivity contribution in [1.82, 2.24) is 0 Å². The summed E-state index contributed by atoms with van der Waals surface area (Å²) in [5, 5.41) is 16.8. The predicted octanol–water partition coefficient (Wildman–Crippen LogP) is 3.06. The van der Waals surface area contributed by atoms with Crippen LogP contribution in [0, 0.1) is 5.92 Å². The van der Waals surface area contributed by atoms with Gasteiger partial charge in [-0.25, -0.2) is 0 Å². The highest BCUT2D eigenvalue weighted by Crippen LogP contribution is 2.24. The Hall–Kier alpha value is -1.51. The van der Waals surface area contributed by atoms with Crippen molar-refractivity contribution >= 4 is 5.97 Å². The fraction of sp³-hybridized carbons (Fsp3) is 0.417. The molecular formula is C12H18O3. The molecule has 1 aliphatic carbocycles. The van der Waals surface area contributed by atoms with E-state index in [1.165, 1.54) is 0 Å². The summed E-state index contributed by atoms with van der Waals surface area (Å²) in [4.78, 5) is 9.00. The molecular weight excluding hydrogens is 192 g/mol. The molecule has 0 saturated carbocycles. The minimum atomic E-state index is -0.833. The van der Waals surface area contributed by atoms with E-state index in [-0.39, 0.29) is 0 Å². The average Bonchev–Trinajstić information content (AvgIpc) is 2.08. The number of hydrogen-bond acceptors (Lipinski definition) is 2. The maximum Gasteiger partial charge on any atom is 0.300 e. The van der Waals surface area contributed by atoms with E-state index in [1.807, 2.05) is 19.9 Å². The van der Waals surface area contributed by atoms with Crippen molar-refractivity contribution in [2.45, 2.75) is 27.2 Å². The monoisotopic (exact) mass is 210 g/mol. The molecule has 84 valence electrons. The molecule has 15 heavy (non-hydrogen) atoms. The van der Waals surface area contributed by atoms with Gasteiger partial charge in [-0.1, -0.05) is 18.2 Å². The van der Waals surface area contributed by atoms with Crippen LogP contribution in [0.15, 0.2) is 35.6 Å². The van der Waals surface area contributed by atoms with Crippen LogP contribution in [0.4, 0.5) is 0 Å². The van der Waals surface area contributed by atoms with Crippen molar-refractivity contribution in [3.8, 4) is 0 Å². The van der Waals surface area contributed by atoms with E-state index < -0.39 is 5.97 Å². The number of aliphatic carboxylic acids is 1. The number of aliphatic hydroxyl groups excluding tert-OH is 1. The van der Waals surface area contributed by atoms with E-state index in [2.05, 4.69) is 12.7 Å². The molecule has 1 rings (SSSR count). The van der Waals surface area contributed by atoms with Gasteiger partial charge in [-0.15, -0.1) is 0 Å². The molecule has 0 radical (unpaired) electrons. The topological polar surface area (TPSA) is 57.5 Å². The Morgan fingerprint density at radius 2 is 2.00 bits per heavy atom. The lowest BCUT2D eigenvalue weighted by Gasteiger charge is -2.16. The number of carboxylic acid groups (broad SMARTS) is 1. The normalized spacial score (nSPS) is 19.3. The smallest absolute Gasteiger partial charge is 0.300 e. The zero-order chi connectivity index (χ0) is 12.0. The second-order valence-corrected chi connectivity index (χ2v) is 3.65. The van der Waals surface area contributed by atoms with Crippen LogP contribution >= 0.6 is 0 Å². The minimum Gasteiger partial charge on any atom is -0.508 e. The first-order valence-corrected chi connectivity index (χ1v) is 4.77. The van der Waals surface area contributed by atoms with Crippen molar-refractivity contribution in [3.63, 3.8) is 0 Å².